The van der Waals surface area contributed by atoms with Crippen molar-refractivity contribution in [2.24, 2.45) is 0 Å². The third kappa shape index (κ3) is 3.50. The summed E-state index contributed by atoms with van der Waals surface area (Å²) in [5.74, 6) is -0.911. The molecule has 6 heteroatoms. The first kappa shape index (κ1) is 14.8. The number of carboxylic acids is 1. The molecule has 20 heavy (non-hydrogen) atoms. The Morgan fingerprint density at radius 3 is 2.70 bits per heavy atom. The van der Waals surface area contributed by atoms with E-state index < -0.39 is 17.7 Å². The van der Waals surface area contributed by atoms with Crippen LogP contribution in [-0.2, 0) is 17.5 Å². The monoisotopic (exact) mass is 287 g/mol. The molecule has 0 aromatic heterocycles. The molecule has 1 aliphatic rings. The minimum Gasteiger partial charge on any atom is -0.481 e. The van der Waals surface area contributed by atoms with Gasteiger partial charge in [-0.1, -0.05) is 18.2 Å². The molecule has 0 bridgehead atoms. The van der Waals surface area contributed by atoms with Gasteiger partial charge in [0.2, 0.25) is 0 Å². The van der Waals surface area contributed by atoms with Crippen LogP contribution in [0, 0.1) is 0 Å². The van der Waals surface area contributed by atoms with E-state index in [2.05, 4.69) is 0 Å². The second-order valence-corrected chi connectivity index (χ2v) is 5.02. The molecule has 1 saturated heterocycles. The Morgan fingerprint density at radius 1 is 1.35 bits per heavy atom. The maximum Gasteiger partial charge on any atom is 0.416 e. The number of carbonyl (C=O) groups is 1. The number of rotatable bonds is 4. The molecule has 3 nitrogen and oxygen atoms in total. The molecular formula is C14H16F3NO2. The fourth-order valence-corrected chi connectivity index (χ4v) is 2.69. The molecule has 0 spiro atoms. The van der Waals surface area contributed by atoms with Crippen LogP contribution in [0.5, 0.6) is 0 Å². The van der Waals surface area contributed by atoms with E-state index in [0.717, 1.165) is 18.9 Å². The standard InChI is InChI=1S/C14H16F3NO2/c15-14(16,17)12-6-2-1-4-10(12)9-18-7-3-5-11(18)8-13(19)20/h1-2,4,6,11H,3,5,7-9H2,(H,19,20). The summed E-state index contributed by atoms with van der Waals surface area (Å²) in [5.41, 5.74) is -0.432. The van der Waals surface area contributed by atoms with Crippen LogP contribution in [0.25, 0.3) is 0 Å². The van der Waals surface area contributed by atoms with Gasteiger partial charge in [0.25, 0.3) is 0 Å². The molecule has 110 valence electrons. The van der Waals surface area contributed by atoms with E-state index in [0.29, 0.717) is 6.54 Å². The fourth-order valence-electron chi connectivity index (χ4n) is 2.69. The maximum absolute atomic E-state index is 12.9. The number of aliphatic carboxylic acids is 1. The lowest BCUT2D eigenvalue weighted by atomic mass is 10.1. The van der Waals surface area contributed by atoms with E-state index in [1.54, 1.807) is 6.07 Å². The predicted octanol–water partition coefficient (Wildman–Crippen LogP) is 3.14. The van der Waals surface area contributed by atoms with Gasteiger partial charge in [0.15, 0.2) is 0 Å². The van der Waals surface area contributed by atoms with Crippen molar-refractivity contribution in [3.05, 3.63) is 35.4 Å². The topological polar surface area (TPSA) is 40.5 Å². The van der Waals surface area contributed by atoms with E-state index in [-0.39, 0.29) is 24.6 Å². The number of halogens is 3. The van der Waals surface area contributed by atoms with Crippen molar-refractivity contribution in [3.63, 3.8) is 0 Å². The lowest BCUT2D eigenvalue weighted by molar-refractivity contribution is -0.140. The van der Waals surface area contributed by atoms with Crippen molar-refractivity contribution in [3.8, 4) is 0 Å². The third-order valence-corrected chi connectivity index (χ3v) is 3.61. The summed E-state index contributed by atoms with van der Waals surface area (Å²) in [6.07, 6.45) is -2.85. The first-order valence-corrected chi connectivity index (χ1v) is 6.49. The van der Waals surface area contributed by atoms with Crippen molar-refractivity contribution in [2.75, 3.05) is 6.54 Å². The van der Waals surface area contributed by atoms with Crippen LogP contribution in [0.2, 0.25) is 0 Å². The second-order valence-electron chi connectivity index (χ2n) is 5.02. The molecule has 1 unspecified atom stereocenters. The molecular weight excluding hydrogens is 271 g/mol. The summed E-state index contributed by atoms with van der Waals surface area (Å²) in [6, 6.07) is 5.29. The first-order chi connectivity index (χ1) is 9.38. The zero-order chi connectivity index (χ0) is 14.8. The smallest absolute Gasteiger partial charge is 0.416 e. The zero-order valence-corrected chi connectivity index (χ0v) is 10.9. The van der Waals surface area contributed by atoms with Gasteiger partial charge in [0, 0.05) is 12.6 Å². The Kier molecular flexibility index (Phi) is 4.32. The molecule has 2 rings (SSSR count). The number of hydrogen-bond acceptors (Lipinski definition) is 2. The van der Waals surface area contributed by atoms with Crippen LogP contribution in [0.15, 0.2) is 24.3 Å². The Balaban J connectivity index is 2.15. The molecule has 1 aromatic rings. The van der Waals surface area contributed by atoms with Crippen molar-refractivity contribution in [1.82, 2.24) is 4.90 Å². The predicted molar refractivity (Wildman–Crippen MR) is 67.1 cm³/mol. The van der Waals surface area contributed by atoms with Crippen molar-refractivity contribution < 1.29 is 23.1 Å². The fraction of sp³-hybridized carbons (Fsp3) is 0.500. The number of benzene rings is 1. The number of nitrogens with zero attached hydrogens (tertiary/aromatic N) is 1. The average molecular weight is 287 g/mol. The summed E-state index contributed by atoms with van der Waals surface area (Å²) in [4.78, 5) is 12.6. The van der Waals surface area contributed by atoms with E-state index in [1.807, 2.05) is 4.90 Å². The highest BCUT2D eigenvalue weighted by Crippen LogP contribution is 2.33. The SMILES string of the molecule is O=C(O)CC1CCCN1Cc1ccccc1C(F)(F)F. The average Bonchev–Trinajstić information content (AvgIpc) is 2.75. The molecule has 1 atom stereocenters. The molecule has 0 saturated carbocycles. The third-order valence-electron chi connectivity index (χ3n) is 3.61. The summed E-state index contributed by atoms with van der Waals surface area (Å²) < 4.78 is 38.8. The molecule has 1 N–H and O–H groups in total. The van der Waals surface area contributed by atoms with E-state index in [1.165, 1.54) is 12.1 Å². The maximum atomic E-state index is 12.9. The summed E-state index contributed by atoms with van der Waals surface area (Å²) in [5, 5.41) is 8.83. The lowest BCUT2D eigenvalue weighted by Gasteiger charge is -2.24. The summed E-state index contributed by atoms with van der Waals surface area (Å²) >= 11 is 0. The van der Waals surface area contributed by atoms with Gasteiger partial charge in [-0.3, -0.25) is 9.69 Å². The van der Waals surface area contributed by atoms with Crippen LogP contribution >= 0.6 is 0 Å². The van der Waals surface area contributed by atoms with Crippen LogP contribution in [0.4, 0.5) is 13.2 Å². The lowest BCUT2D eigenvalue weighted by Crippen LogP contribution is -2.31. The highest BCUT2D eigenvalue weighted by Gasteiger charge is 2.34. The van der Waals surface area contributed by atoms with E-state index in [4.69, 9.17) is 5.11 Å². The van der Waals surface area contributed by atoms with E-state index >= 15 is 0 Å². The quantitative estimate of drug-likeness (QED) is 0.925. The molecule has 0 radical (unpaired) electrons. The highest BCUT2D eigenvalue weighted by atomic mass is 19.4. The van der Waals surface area contributed by atoms with Crippen LogP contribution in [0.3, 0.4) is 0 Å². The van der Waals surface area contributed by atoms with Crippen LogP contribution in [-0.4, -0.2) is 28.6 Å². The minimum absolute atomic E-state index is 0.0197. The normalized spacial score (nSPS) is 20.2. The van der Waals surface area contributed by atoms with Gasteiger partial charge < -0.3 is 5.11 Å². The Bertz CT molecular complexity index is 488. The van der Waals surface area contributed by atoms with Gasteiger partial charge in [-0.15, -0.1) is 0 Å². The van der Waals surface area contributed by atoms with Gasteiger partial charge >= 0.3 is 12.1 Å². The minimum atomic E-state index is -4.38. The number of alkyl halides is 3. The van der Waals surface area contributed by atoms with Gasteiger partial charge in [0.05, 0.1) is 12.0 Å². The van der Waals surface area contributed by atoms with Crippen molar-refractivity contribution in [2.45, 2.75) is 38.0 Å². The number of hydrogen-bond donors (Lipinski definition) is 1. The Labute approximate surface area is 115 Å². The molecule has 0 aliphatic carbocycles. The largest absolute Gasteiger partial charge is 0.481 e. The first-order valence-electron chi connectivity index (χ1n) is 6.49. The molecule has 1 aliphatic heterocycles. The Hall–Kier alpha value is -1.56. The number of carboxylic acid groups (broad SMARTS) is 1. The van der Waals surface area contributed by atoms with E-state index in [9.17, 15) is 18.0 Å². The molecule has 1 fully saturated rings. The highest BCUT2D eigenvalue weighted by molar-refractivity contribution is 5.67. The summed E-state index contributed by atoms with van der Waals surface area (Å²) in [7, 11) is 0. The van der Waals surface area contributed by atoms with Crippen molar-refractivity contribution >= 4 is 5.97 Å². The molecule has 1 aromatic carbocycles. The van der Waals surface area contributed by atoms with Gasteiger partial charge in [0.1, 0.15) is 0 Å². The molecule has 1 heterocycles. The molecule has 0 amide bonds. The van der Waals surface area contributed by atoms with Crippen molar-refractivity contribution in [1.29, 1.82) is 0 Å². The second kappa shape index (κ2) is 5.83. The summed E-state index contributed by atoms with van der Waals surface area (Å²) in [6.45, 7) is 0.789. The van der Waals surface area contributed by atoms with Gasteiger partial charge in [-0.05, 0) is 31.0 Å². The Morgan fingerprint density at radius 2 is 2.05 bits per heavy atom. The van der Waals surface area contributed by atoms with Crippen LogP contribution < -0.4 is 0 Å². The van der Waals surface area contributed by atoms with Crippen LogP contribution in [0.1, 0.15) is 30.4 Å². The van der Waals surface area contributed by atoms with Gasteiger partial charge in [-0.25, -0.2) is 0 Å². The number of likely N-dealkylation sites (tertiary alicyclic amines) is 1. The van der Waals surface area contributed by atoms with Gasteiger partial charge in [-0.2, -0.15) is 13.2 Å². The zero-order valence-electron chi connectivity index (χ0n) is 10.9.